The molecule has 2 aromatic heterocycles. The average molecular weight is 336 g/mol. The van der Waals surface area contributed by atoms with Crippen LogP contribution in [0.3, 0.4) is 0 Å². The number of ether oxygens (including phenoxy) is 1. The Balaban J connectivity index is 0.000000277. The highest BCUT2D eigenvalue weighted by molar-refractivity contribution is 5.86. The summed E-state index contributed by atoms with van der Waals surface area (Å²) in [5.41, 5.74) is 2.26. The maximum absolute atomic E-state index is 12.2. The van der Waals surface area contributed by atoms with Crippen molar-refractivity contribution in [2.75, 3.05) is 7.11 Å². The van der Waals surface area contributed by atoms with Crippen LogP contribution in [-0.2, 0) is 9.53 Å². The van der Waals surface area contributed by atoms with Crippen molar-refractivity contribution >= 4 is 16.9 Å². The van der Waals surface area contributed by atoms with Gasteiger partial charge in [-0.25, -0.2) is 9.78 Å². The summed E-state index contributed by atoms with van der Waals surface area (Å²) in [6.07, 6.45) is 1.69. The molecule has 0 atom stereocenters. The predicted octanol–water partition coefficient (Wildman–Crippen LogP) is 3.43. The van der Waals surface area contributed by atoms with E-state index in [2.05, 4.69) is 16.3 Å². The fourth-order valence-corrected chi connectivity index (χ4v) is 2.34. The zero-order chi connectivity index (χ0) is 18.4. The molecule has 0 radical (unpaired) electrons. The Bertz CT molecular complexity index is 960. The van der Waals surface area contributed by atoms with Gasteiger partial charge in [-0.05, 0) is 37.6 Å². The minimum atomic E-state index is -0.347. The van der Waals surface area contributed by atoms with Crippen molar-refractivity contribution in [3.8, 4) is 5.82 Å². The summed E-state index contributed by atoms with van der Waals surface area (Å²) in [4.78, 5) is 26.6. The molecule has 0 aliphatic rings. The number of pyridine rings is 2. The molecule has 0 saturated heterocycles. The molecule has 1 aromatic carbocycles. The molecule has 0 N–H and O–H groups in total. The lowest BCUT2D eigenvalue weighted by molar-refractivity contribution is -0.136. The zero-order valence-electron chi connectivity index (χ0n) is 14.5. The lowest BCUT2D eigenvalue weighted by Gasteiger charge is -2.10. The standard InChI is InChI=1S/C15H12N2O.C5H8O2/c1-11-10-15(18)17(14-8-4-5-9-16-14)13-7-3-2-6-12(11)13;1-4(2)5(6)7-3/h2-10H,1H3;1H2,2-3H3. The van der Waals surface area contributed by atoms with E-state index >= 15 is 0 Å². The fraction of sp³-hybridized carbons (Fsp3) is 0.150. The van der Waals surface area contributed by atoms with Crippen LogP contribution < -0.4 is 5.56 Å². The Morgan fingerprint density at radius 1 is 1.16 bits per heavy atom. The third-order valence-electron chi connectivity index (χ3n) is 3.54. The van der Waals surface area contributed by atoms with E-state index in [0.717, 1.165) is 16.5 Å². The van der Waals surface area contributed by atoms with Crippen molar-refractivity contribution < 1.29 is 9.53 Å². The summed E-state index contributed by atoms with van der Waals surface area (Å²) >= 11 is 0. The second-order valence-electron chi connectivity index (χ2n) is 5.48. The molecular formula is C20H20N2O3. The van der Waals surface area contributed by atoms with Crippen LogP contribution in [-0.4, -0.2) is 22.6 Å². The maximum atomic E-state index is 12.2. The van der Waals surface area contributed by atoms with Gasteiger partial charge in [-0.3, -0.25) is 9.36 Å². The fourth-order valence-electron chi connectivity index (χ4n) is 2.34. The average Bonchev–Trinajstić information content (AvgIpc) is 2.62. The molecular weight excluding hydrogens is 316 g/mol. The molecule has 5 nitrogen and oxygen atoms in total. The number of esters is 1. The quantitative estimate of drug-likeness (QED) is 0.531. The number of aryl methyl sites for hydroxylation is 1. The zero-order valence-corrected chi connectivity index (χ0v) is 14.5. The second kappa shape index (κ2) is 8.06. The molecule has 5 heteroatoms. The molecule has 2 heterocycles. The number of benzene rings is 1. The molecule has 0 aliphatic heterocycles. The van der Waals surface area contributed by atoms with Gasteiger partial charge >= 0.3 is 5.97 Å². The first-order valence-corrected chi connectivity index (χ1v) is 7.72. The maximum Gasteiger partial charge on any atom is 0.332 e. The number of hydrogen-bond donors (Lipinski definition) is 0. The largest absolute Gasteiger partial charge is 0.466 e. The van der Waals surface area contributed by atoms with Crippen LogP contribution in [0.4, 0.5) is 0 Å². The summed E-state index contributed by atoms with van der Waals surface area (Å²) in [5.74, 6) is 0.304. The summed E-state index contributed by atoms with van der Waals surface area (Å²) in [6.45, 7) is 6.91. The molecule has 0 aliphatic carbocycles. The molecule has 3 rings (SSSR count). The van der Waals surface area contributed by atoms with Crippen LogP contribution in [0.5, 0.6) is 0 Å². The Morgan fingerprint density at radius 2 is 1.84 bits per heavy atom. The number of carbonyl (C=O) groups is 1. The highest BCUT2D eigenvalue weighted by Crippen LogP contribution is 2.18. The smallest absolute Gasteiger partial charge is 0.332 e. The van der Waals surface area contributed by atoms with Gasteiger partial charge in [0.2, 0.25) is 0 Å². The van der Waals surface area contributed by atoms with Gasteiger partial charge in [-0.2, -0.15) is 0 Å². The van der Waals surface area contributed by atoms with Crippen LogP contribution in [0.25, 0.3) is 16.7 Å². The monoisotopic (exact) mass is 336 g/mol. The molecule has 3 aromatic rings. The van der Waals surface area contributed by atoms with Gasteiger partial charge in [0.05, 0.1) is 12.6 Å². The van der Waals surface area contributed by atoms with E-state index in [1.54, 1.807) is 23.8 Å². The predicted molar refractivity (Wildman–Crippen MR) is 98.9 cm³/mol. The third-order valence-corrected chi connectivity index (χ3v) is 3.54. The second-order valence-corrected chi connectivity index (χ2v) is 5.48. The highest BCUT2D eigenvalue weighted by atomic mass is 16.5. The topological polar surface area (TPSA) is 61.2 Å². The van der Waals surface area contributed by atoms with Crippen molar-refractivity contribution in [3.05, 3.63) is 82.8 Å². The van der Waals surface area contributed by atoms with E-state index in [1.807, 2.05) is 49.4 Å². The van der Waals surface area contributed by atoms with Crippen LogP contribution >= 0.6 is 0 Å². The first kappa shape index (κ1) is 18.1. The van der Waals surface area contributed by atoms with Crippen molar-refractivity contribution in [2.24, 2.45) is 0 Å². The van der Waals surface area contributed by atoms with Gasteiger partial charge in [-0.1, -0.05) is 30.8 Å². The molecule has 0 amide bonds. The molecule has 128 valence electrons. The van der Waals surface area contributed by atoms with Gasteiger partial charge in [0.25, 0.3) is 5.56 Å². The summed E-state index contributed by atoms with van der Waals surface area (Å²) in [7, 11) is 1.33. The minimum Gasteiger partial charge on any atom is -0.466 e. The van der Waals surface area contributed by atoms with Gasteiger partial charge in [0.15, 0.2) is 0 Å². The van der Waals surface area contributed by atoms with Crippen LogP contribution in [0, 0.1) is 6.92 Å². The van der Waals surface area contributed by atoms with Crippen molar-refractivity contribution in [1.29, 1.82) is 0 Å². The number of carbonyl (C=O) groups excluding carboxylic acids is 1. The van der Waals surface area contributed by atoms with Gasteiger partial charge in [0, 0.05) is 23.2 Å². The van der Waals surface area contributed by atoms with Crippen LogP contribution in [0.1, 0.15) is 12.5 Å². The Morgan fingerprint density at radius 3 is 2.40 bits per heavy atom. The Labute approximate surface area is 146 Å². The van der Waals surface area contributed by atoms with Crippen molar-refractivity contribution in [1.82, 2.24) is 9.55 Å². The van der Waals surface area contributed by atoms with E-state index in [-0.39, 0.29) is 11.5 Å². The molecule has 0 unspecified atom stereocenters. The summed E-state index contributed by atoms with van der Waals surface area (Å²) < 4.78 is 5.91. The molecule has 0 fully saturated rings. The number of nitrogens with zero attached hydrogens (tertiary/aromatic N) is 2. The first-order valence-electron chi connectivity index (χ1n) is 7.72. The van der Waals surface area contributed by atoms with Gasteiger partial charge in [-0.15, -0.1) is 0 Å². The summed E-state index contributed by atoms with van der Waals surface area (Å²) in [6, 6.07) is 15.1. The lowest BCUT2D eigenvalue weighted by atomic mass is 10.1. The van der Waals surface area contributed by atoms with Crippen molar-refractivity contribution in [2.45, 2.75) is 13.8 Å². The van der Waals surface area contributed by atoms with Crippen molar-refractivity contribution in [3.63, 3.8) is 0 Å². The normalized spacial score (nSPS) is 9.88. The van der Waals surface area contributed by atoms with Crippen LogP contribution in [0.2, 0.25) is 0 Å². The Hall–Kier alpha value is -3.21. The number of fused-ring (bicyclic) bond motifs is 1. The molecule has 0 saturated carbocycles. The number of hydrogen-bond acceptors (Lipinski definition) is 4. The van der Waals surface area contributed by atoms with E-state index in [4.69, 9.17) is 0 Å². The van der Waals surface area contributed by atoms with Crippen LogP contribution in [0.15, 0.2) is 71.7 Å². The molecule has 0 bridgehead atoms. The number of rotatable bonds is 2. The molecule has 0 spiro atoms. The number of para-hydroxylation sites is 1. The highest BCUT2D eigenvalue weighted by Gasteiger charge is 2.07. The van der Waals surface area contributed by atoms with E-state index < -0.39 is 0 Å². The van der Waals surface area contributed by atoms with Gasteiger partial charge < -0.3 is 4.74 Å². The van der Waals surface area contributed by atoms with E-state index in [1.165, 1.54) is 7.11 Å². The van der Waals surface area contributed by atoms with Gasteiger partial charge in [0.1, 0.15) is 5.82 Å². The molecule has 25 heavy (non-hydrogen) atoms. The number of methoxy groups -OCH3 is 1. The first-order chi connectivity index (χ1) is 12.0. The number of aromatic nitrogens is 2. The summed E-state index contributed by atoms with van der Waals surface area (Å²) in [5, 5.41) is 1.07. The third kappa shape index (κ3) is 4.20. The van der Waals surface area contributed by atoms with E-state index in [0.29, 0.717) is 11.4 Å². The Kier molecular flexibility index (Phi) is 5.84. The lowest BCUT2D eigenvalue weighted by Crippen LogP contribution is -2.19. The minimum absolute atomic E-state index is 0.0510. The van der Waals surface area contributed by atoms with E-state index in [9.17, 15) is 9.59 Å². The SMILES string of the molecule is C=C(C)C(=O)OC.Cc1cc(=O)n(-c2ccccn2)c2ccccc12.